The number of rotatable bonds is 7. The van der Waals surface area contributed by atoms with Crippen molar-refractivity contribution in [1.82, 2.24) is 5.32 Å². The standard InChI is InChI=1S/C13H20ClNO2/c1-3-8-17-13-5-4-10(14)9-11(13)12(15-2)6-7-16/h4-5,9,12,15-16H,3,6-8H2,1-2H3. The molecule has 0 saturated heterocycles. The van der Waals surface area contributed by atoms with E-state index in [4.69, 9.17) is 21.4 Å². The van der Waals surface area contributed by atoms with Gasteiger partial charge in [-0.2, -0.15) is 0 Å². The Hall–Kier alpha value is -0.770. The van der Waals surface area contributed by atoms with Gasteiger partial charge in [-0.25, -0.2) is 0 Å². The molecule has 0 aliphatic carbocycles. The number of aliphatic hydroxyl groups excluding tert-OH is 1. The van der Waals surface area contributed by atoms with Gasteiger partial charge in [-0.3, -0.25) is 0 Å². The summed E-state index contributed by atoms with van der Waals surface area (Å²) >= 11 is 6.01. The van der Waals surface area contributed by atoms with Crippen molar-refractivity contribution in [3.05, 3.63) is 28.8 Å². The zero-order valence-corrected chi connectivity index (χ0v) is 11.1. The Balaban J connectivity index is 2.95. The molecule has 4 heteroatoms. The first-order valence-electron chi connectivity index (χ1n) is 5.93. The minimum Gasteiger partial charge on any atom is -0.493 e. The Morgan fingerprint density at radius 2 is 2.24 bits per heavy atom. The second kappa shape index (κ2) is 7.54. The van der Waals surface area contributed by atoms with Crippen molar-refractivity contribution >= 4 is 11.6 Å². The number of hydrogen-bond acceptors (Lipinski definition) is 3. The molecule has 0 bridgehead atoms. The maximum Gasteiger partial charge on any atom is 0.124 e. The predicted molar refractivity (Wildman–Crippen MR) is 70.7 cm³/mol. The summed E-state index contributed by atoms with van der Waals surface area (Å²) in [6, 6.07) is 5.66. The Morgan fingerprint density at radius 1 is 1.47 bits per heavy atom. The third-order valence-corrected chi connectivity index (χ3v) is 2.81. The van der Waals surface area contributed by atoms with Crippen LogP contribution in [0.25, 0.3) is 0 Å². The van der Waals surface area contributed by atoms with Gasteiger partial charge >= 0.3 is 0 Å². The lowest BCUT2D eigenvalue weighted by molar-refractivity contribution is 0.264. The highest BCUT2D eigenvalue weighted by molar-refractivity contribution is 6.30. The molecule has 1 aromatic rings. The Morgan fingerprint density at radius 3 is 2.82 bits per heavy atom. The largest absolute Gasteiger partial charge is 0.493 e. The highest BCUT2D eigenvalue weighted by Gasteiger charge is 2.14. The second-order valence-corrected chi connectivity index (χ2v) is 4.32. The molecule has 0 aliphatic heterocycles. The SMILES string of the molecule is CCCOc1ccc(Cl)cc1C(CCO)NC. The van der Waals surface area contributed by atoms with Crippen molar-refractivity contribution in [3.8, 4) is 5.75 Å². The minimum absolute atomic E-state index is 0.0607. The normalized spacial score (nSPS) is 12.5. The van der Waals surface area contributed by atoms with Crippen LogP contribution in [0.3, 0.4) is 0 Å². The molecule has 0 spiro atoms. The van der Waals surface area contributed by atoms with Crippen molar-refractivity contribution in [3.63, 3.8) is 0 Å². The number of halogens is 1. The summed E-state index contributed by atoms with van der Waals surface area (Å²) in [5, 5.41) is 12.9. The topological polar surface area (TPSA) is 41.5 Å². The van der Waals surface area contributed by atoms with Gasteiger partial charge in [0.05, 0.1) is 6.61 Å². The number of nitrogens with one attached hydrogen (secondary N) is 1. The van der Waals surface area contributed by atoms with E-state index in [9.17, 15) is 0 Å². The van der Waals surface area contributed by atoms with Crippen molar-refractivity contribution < 1.29 is 9.84 Å². The highest BCUT2D eigenvalue weighted by Crippen LogP contribution is 2.30. The molecule has 1 unspecified atom stereocenters. The molecule has 1 rings (SSSR count). The molecule has 0 fully saturated rings. The van der Waals surface area contributed by atoms with Gasteiger partial charge in [0.2, 0.25) is 0 Å². The summed E-state index contributed by atoms with van der Waals surface area (Å²) < 4.78 is 5.69. The van der Waals surface area contributed by atoms with Crippen LogP contribution in [0.15, 0.2) is 18.2 Å². The smallest absolute Gasteiger partial charge is 0.124 e. The fourth-order valence-electron chi connectivity index (χ4n) is 1.72. The third kappa shape index (κ3) is 4.19. The van der Waals surface area contributed by atoms with Crippen LogP contribution >= 0.6 is 11.6 Å². The number of aliphatic hydroxyl groups is 1. The van der Waals surface area contributed by atoms with E-state index in [0.29, 0.717) is 18.1 Å². The Labute approximate surface area is 108 Å². The molecular formula is C13H20ClNO2. The van der Waals surface area contributed by atoms with E-state index in [1.54, 1.807) is 0 Å². The van der Waals surface area contributed by atoms with E-state index >= 15 is 0 Å². The summed E-state index contributed by atoms with van der Waals surface area (Å²) in [5.41, 5.74) is 1.00. The van der Waals surface area contributed by atoms with E-state index in [2.05, 4.69) is 12.2 Å². The molecule has 2 N–H and O–H groups in total. The summed E-state index contributed by atoms with van der Waals surface area (Å²) in [6.45, 7) is 2.88. The molecule has 0 aliphatic rings. The van der Waals surface area contributed by atoms with Crippen LogP contribution in [0.2, 0.25) is 5.02 Å². The zero-order chi connectivity index (χ0) is 12.7. The van der Waals surface area contributed by atoms with E-state index in [1.165, 1.54) is 0 Å². The Bertz CT molecular complexity index is 344. The molecule has 0 heterocycles. The van der Waals surface area contributed by atoms with Crippen molar-refractivity contribution in [1.29, 1.82) is 0 Å². The molecule has 1 atom stereocenters. The van der Waals surface area contributed by atoms with E-state index in [1.807, 2.05) is 25.2 Å². The van der Waals surface area contributed by atoms with Gasteiger partial charge in [0, 0.05) is 23.2 Å². The maximum atomic E-state index is 9.05. The zero-order valence-electron chi connectivity index (χ0n) is 10.4. The van der Waals surface area contributed by atoms with Gasteiger partial charge in [-0.05, 0) is 38.1 Å². The fourth-order valence-corrected chi connectivity index (χ4v) is 1.90. The van der Waals surface area contributed by atoms with E-state index in [-0.39, 0.29) is 12.6 Å². The van der Waals surface area contributed by atoms with Gasteiger partial charge in [0.15, 0.2) is 0 Å². The lowest BCUT2D eigenvalue weighted by atomic mass is 10.0. The van der Waals surface area contributed by atoms with Gasteiger partial charge in [-0.1, -0.05) is 18.5 Å². The molecule has 0 radical (unpaired) electrons. The Kier molecular flexibility index (Phi) is 6.34. The average Bonchev–Trinajstić information content (AvgIpc) is 2.34. The molecular weight excluding hydrogens is 238 g/mol. The minimum atomic E-state index is 0.0607. The fraction of sp³-hybridized carbons (Fsp3) is 0.538. The molecule has 1 aromatic carbocycles. The van der Waals surface area contributed by atoms with Crippen LogP contribution in [0.4, 0.5) is 0 Å². The summed E-state index contributed by atoms with van der Waals surface area (Å²) in [5.74, 6) is 0.837. The van der Waals surface area contributed by atoms with Crippen molar-refractivity contribution in [2.24, 2.45) is 0 Å². The van der Waals surface area contributed by atoms with Gasteiger partial charge in [-0.15, -0.1) is 0 Å². The monoisotopic (exact) mass is 257 g/mol. The lowest BCUT2D eigenvalue weighted by Crippen LogP contribution is -2.18. The second-order valence-electron chi connectivity index (χ2n) is 3.88. The molecule has 0 amide bonds. The van der Waals surface area contributed by atoms with Gasteiger partial charge in [0.1, 0.15) is 5.75 Å². The highest BCUT2D eigenvalue weighted by atomic mass is 35.5. The van der Waals surface area contributed by atoms with Crippen molar-refractivity contribution in [2.45, 2.75) is 25.8 Å². The van der Waals surface area contributed by atoms with Crippen molar-refractivity contribution in [2.75, 3.05) is 20.3 Å². The van der Waals surface area contributed by atoms with Gasteiger partial charge in [0.25, 0.3) is 0 Å². The van der Waals surface area contributed by atoms with Gasteiger partial charge < -0.3 is 15.2 Å². The van der Waals surface area contributed by atoms with Crippen LogP contribution in [0, 0.1) is 0 Å². The first-order valence-corrected chi connectivity index (χ1v) is 6.31. The van der Waals surface area contributed by atoms with Crippen LogP contribution in [0.5, 0.6) is 5.75 Å². The number of benzene rings is 1. The first kappa shape index (κ1) is 14.3. The molecule has 0 saturated carbocycles. The summed E-state index contributed by atoms with van der Waals surface area (Å²) in [7, 11) is 1.87. The molecule has 0 aromatic heterocycles. The molecule has 3 nitrogen and oxygen atoms in total. The van der Waals surface area contributed by atoms with Crippen LogP contribution in [0.1, 0.15) is 31.4 Å². The van der Waals surface area contributed by atoms with E-state index < -0.39 is 0 Å². The quantitative estimate of drug-likeness (QED) is 0.789. The number of hydrogen-bond donors (Lipinski definition) is 2. The first-order chi connectivity index (χ1) is 8.22. The maximum absolute atomic E-state index is 9.05. The lowest BCUT2D eigenvalue weighted by Gasteiger charge is -2.19. The predicted octanol–water partition coefficient (Wildman–Crippen LogP) is 2.77. The number of ether oxygens (including phenoxy) is 1. The summed E-state index contributed by atoms with van der Waals surface area (Å²) in [6.07, 6.45) is 1.60. The van der Waals surface area contributed by atoms with E-state index in [0.717, 1.165) is 17.7 Å². The molecule has 17 heavy (non-hydrogen) atoms. The average molecular weight is 258 g/mol. The van der Waals surface area contributed by atoms with Crippen LogP contribution in [-0.4, -0.2) is 25.4 Å². The molecule has 96 valence electrons. The third-order valence-electron chi connectivity index (χ3n) is 2.58. The van der Waals surface area contributed by atoms with Crippen LogP contribution < -0.4 is 10.1 Å². The van der Waals surface area contributed by atoms with Crippen LogP contribution in [-0.2, 0) is 0 Å². The summed E-state index contributed by atoms with van der Waals surface area (Å²) in [4.78, 5) is 0.